The Bertz CT molecular complexity index is 1250. The van der Waals surface area contributed by atoms with E-state index < -0.39 is 17.5 Å². The largest absolute Gasteiger partial charge is 0.487 e. The summed E-state index contributed by atoms with van der Waals surface area (Å²) in [6.07, 6.45) is 2.94. The molecule has 1 N–H and O–H groups in total. The molecule has 9 nitrogen and oxygen atoms in total. The van der Waals surface area contributed by atoms with Crippen molar-refractivity contribution >= 4 is 18.4 Å². The van der Waals surface area contributed by atoms with Gasteiger partial charge in [-0.25, -0.2) is 0 Å². The number of fused-ring (bicyclic) bond motifs is 1. The fraction of sp³-hybridized carbons (Fsp3) is 0.500. The third-order valence-corrected chi connectivity index (χ3v) is 7.01. The molecule has 1 aliphatic rings. The summed E-state index contributed by atoms with van der Waals surface area (Å²) in [5, 5.41) is 18.1. The highest BCUT2D eigenvalue weighted by Gasteiger charge is 2.39. The third-order valence-electron chi connectivity index (χ3n) is 7.01. The van der Waals surface area contributed by atoms with Gasteiger partial charge in [-0.1, -0.05) is 37.3 Å². The molecule has 2 unspecified atom stereocenters. The Morgan fingerprint density at radius 2 is 2.05 bits per heavy atom. The molecule has 3 heterocycles. The topological polar surface area (TPSA) is 103 Å². The molecule has 4 rings (SSSR count). The quantitative estimate of drug-likeness (QED) is 0.413. The van der Waals surface area contributed by atoms with E-state index in [9.17, 15) is 9.90 Å². The Morgan fingerprint density at radius 1 is 1.29 bits per heavy atom. The lowest BCUT2D eigenvalue weighted by molar-refractivity contribution is -0.158. The number of carboxylic acid groups (broad SMARTS) is 1. The number of aromatic nitrogens is 4. The van der Waals surface area contributed by atoms with Gasteiger partial charge in [0.15, 0.2) is 0 Å². The zero-order valence-corrected chi connectivity index (χ0v) is 23.7. The second kappa shape index (κ2) is 12.2. The van der Waals surface area contributed by atoms with Gasteiger partial charge in [0.1, 0.15) is 17.5 Å². The first-order valence-electron chi connectivity index (χ1n) is 12.7. The number of nitrogens with zero attached hydrogens (tertiary/aromatic N) is 5. The van der Waals surface area contributed by atoms with E-state index in [0.29, 0.717) is 24.7 Å². The number of hydrogen-bond acceptors (Lipinski definition) is 7. The number of aliphatic carboxylic acids is 1. The van der Waals surface area contributed by atoms with Gasteiger partial charge in [0.05, 0.1) is 30.0 Å². The monoisotopic (exact) mass is 543 g/mol. The maximum atomic E-state index is 12.2. The molecular formula is C28H38ClN5O4. The maximum absolute atomic E-state index is 12.2. The van der Waals surface area contributed by atoms with Crippen LogP contribution in [-0.2, 0) is 36.3 Å². The third kappa shape index (κ3) is 6.70. The van der Waals surface area contributed by atoms with Gasteiger partial charge >= 0.3 is 5.97 Å². The zero-order valence-electron chi connectivity index (χ0n) is 22.9. The van der Waals surface area contributed by atoms with E-state index in [2.05, 4.69) is 47.0 Å². The minimum absolute atomic E-state index is 0. The van der Waals surface area contributed by atoms with E-state index in [0.717, 1.165) is 34.7 Å². The molecule has 0 bridgehead atoms. The first-order chi connectivity index (χ1) is 17.5. The van der Waals surface area contributed by atoms with Gasteiger partial charge in [-0.15, -0.1) is 17.5 Å². The number of halogens is 1. The molecule has 10 heteroatoms. The summed E-state index contributed by atoms with van der Waals surface area (Å²) in [7, 11) is 1.78. The van der Waals surface area contributed by atoms with E-state index in [1.165, 1.54) is 0 Å². The van der Waals surface area contributed by atoms with E-state index in [1.807, 2.05) is 24.3 Å². The summed E-state index contributed by atoms with van der Waals surface area (Å²) in [6.45, 7) is 12.1. The first-order valence-corrected chi connectivity index (χ1v) is 12.7. The maximum Gasteiger partial charge on any atom is 0.312 e. The van der Waals surface area contributed by atoms with Crippen LogP contribution in [-0.4, -0.2) is 48.6 Å². The van der Waals surface area contributed by atoms with Crippen LogP contribution >= 0.6 is 12.4 Å². The molecule has 0 aliphatic carbocycles. The highest BCUT2D eigenvalue weighted by molar-refractivity contribution is 5.85. The summed E-state index contributed by atoms with van der Waals surface area (Å²) >= 11 is 0. The van der Waals surface area contributed by atoms with Gasteiger partial charge in [0.25, 0.3) is 0 Å². The number of pyridine rings is 1. The van der Waals surface area contributed by atoms with Gasteiger partial charge in [-0.2, -0.15) is 0 Å². The molecule has 206 valence electrons. The van der Waals surface area contributed by atoms with Crippen molar-refractivity contribution in [3.8, 4) is 5.75 Å². The summed E-state index contributed by atoms with van der Waals surface area (Å²) in [6, 6.07) is 9.98. The molecule has 0 saturated heterocycles. The molecule has 0 spiro atoms. The lowest BCUT2D eigenvalue weighted by Crippen LogP contribution is -2.36. The van der Waals surface area contributed by atoms with Gasteiger partial charge < -0.3 is 14.6 Å². The minimum atomic E-state index is -1.16. The van der Waals surface area contributed by atoms with Gasteiger partial charge in [-0.3, -0.25) is 19.4 Å². The number of carboxylic acids is 1. The zero-order chi connectivity index (χ0) is 26.7. The summed E-state index contributed by atoms with van der Waals surface area (Å²) < 4.78 is 14.1. The average molecular weight is 544 g/mol. The van der Waals surface area contributed by atoms with Crippen LogP contribution in [0.25, 0.3) is 0 Å². The predicted molar refractivity (Wildman–Crippen MR) is 146 cm³/mol. The summed E-state index contributed by atoms with van der Waals surface area (Å²) in [5.74, 6) is 0.261. The Hall–Kier alpha value is -3.01. The van der Waals surface area contributed by atoms with E-state index in [-0.39, 0.29) is 25.1 Å². The molecule has 3 aromatic rings. The van der Waals surface area contributed by atoms with Crippen LogP contribution in [0, 0.1) is 18.3 Å². The molecule has 0 fully saturated rings. The Morgan fingerprint density at radius 3 is 2.71 bits per heavy atom. The van der Waals surface area contributed by atoms with Gasteiger partial charge in [-0.05, 0) is 55.5 Å². The predicted octanol–water partition coefficient (Wildman–Crippen LogP) is 4.73. The Balaban J connectivity index is 0.00000400. The number of carbonyl (C=O) groups is 1. The van der Waals surface area contributed by atoms with Crippen LogP contribution in [0.1, 0.15) is 61.9 Å². The minimum Gasteiger partial charge on any atom is -0.487 e. The van der Waals surface area contributed by atoms with Crippen molar-refractivity contribution in [3.05, 3.63) is 70.8 Å². The lowest BCUT2D eigenvalue weighted by atomic mass is 9.81. The standard InChI is InChI=1S/C28H37N5O4.ClH/c1-18(2)25-16-33(15-23-24(37-25)8-7-11-29-23)13-21-12-20(10-9-19(21)3)26(28(4,5)27(34)35)36-17-22-14-32(6)31-30-22;/h7-12,14,18,25-26H,13,15-17H2,1-6H3,(H,34,35);1H. The molecular weight excluding hydrogens is 506 g/mol. The van der Waals surface area contributed by atoms with Crippen LogP contribution in [0.4, 0.5) is 0 Å². The Kier molecular flexibility index (Phi) is 9.51. The first kappa shape index (κ1) is 29.5. The number of aryl methyl sites for hydroxylation is 2. The highest BCUT2D eigenvalue weighted by atomic mass is 35.5. The molecule has 0 saturated carbocycles. The van der Waals surface area contributed by atoms with Crippen molar-refractivity contribution in [2.75, 3.05) is 6.54 Å². The molecule has 0 radical (unpaired) electrons. The fourth-order valence-corrected chi connectivity index (χ4v) is 4.58. The van der Waals surface area contributed by atoms with E-state index in [4.69, 9.17) is 9.47 Å². The summed E-state index contributed by atoms with van der Waals surface area (Å²) in [5.41, 5.74) is 3.50. The molecule has 2 aromatic heterocycles. The lowest BCUT2D eigenvalue weighted by Gasteiger charge is -2.31. The molecule has 1 aliphatic heterocycles. The average Bonchev–Trinajstić information content (AvgIpc) is 3.16. The SMILES string of the molecule is Cc1ccc(C(OCc2cn(C)nn2)C(C)(C)C(=O)O)cc1CN1Cc2ncccc2OC(C(C)C)C1.Cl. The molecule has 1 aromatic carbocycles. The normalized spacial score (nSPS) is 16.8. The molecule has 38 heavy (non-hydrogen) atoms. The van der Waals surface area contributed by atoms with E-state index >= 15 is 0 Å². The van der Waals surface area contributed by atoms with Crippen LogP contribution in [0.5, 0.6) is 5.75 Å². The molecule has 0 amide bonds. The number of rotatable bonds is 9. The number of hydrogen-bond donors (Lipinski definition) is 1. The van der Waals surface area contributed by atoms with Crippen LogP contribution in [0.3, 0.4) is 0 Å². The highest BCUT2D eigenvalue weighted by Crippen LogP contribution is 2.38. The number of benzene rings is 1. The second-order valence-electron chi connectivity index (χ2n) is 10.8. The van der Waals surface area contributed by atoms with Crippen molar-refractivity contribution < 1.29 is 19.4 Å². The summed E-state index contributed by atoms with van der Waals surface area (Å²) in [4.78, 5) is 19.2. The Labute approximate surface area is 230 Å². The molecule has 2 atom stereocenters. The second-order valence-corrected chi connectivity index (χ2v) is 10.8. The van der Waals surface area contributed by atoms with Crippen molar-refractivity contribution in [1.29, 1.82) is 0 Å². The van der Waals surface area contributed by atoms with Crippen molar-refractivity contribution in [2.24, 2.45) is 18.4 Å². The van der Waals surface area contributed by atoms with Gasteiger partial charge in [0, 0.05) is 32.9 Å². The van der Waals surface area contributed by atoms with Gasteiger partial charge in [0.2, 0.25) is 0 Å². The smallest absolute Gasteiger partial charge is 0.312 e. The van der Waals surface area contributed by atoms with Crippen molar-refractivity contribution in [2.45, 2.75) is 66.5 Å². The van der Waals surface area contributed by atoms with Crippen molar-refractivity contribution in [1.82, 2.24) is 24.9 Å². The van der Waals surface area contributed by atoms with E-state index in [1.54, 1.807) is 38.0 Å². The van der Waals surface area contributed by atoms with Crippen LogP contribution in [0.15, 0.2) is 42.7 Å². The number of ether oxygens (including phenoxy) is 2. The fourth-order valence-electron chi connectivity index (χ4n) is 4.58. The van der Waals surface area contributed by atoms with Crippen LogP contribution < -0.4 is 4.74 Å². The van der Waals surface area contributed by atoms with Crippen molar-refractivity contribution in [3.63, 3.8) is 0 Å². The van der Waals surface area contributed by atoms with Crippen LogP contribution in [0.2, 0.25) is 0 Å².